The Hall–Kier alpha value is -2.23. The second-order valence-electron chi connectivity index (χ2n) is 5.86. The molecule has 1 heterocycles. The lowest BCUT2D eigenvalue weighted by molar-refractivity contribution is 0.318. The zero-order valence-corrected chi connectivity index (χ0v) is 12.3. The van der Waals surface area contributed by atoms with Gasteiger partial charge in [0.2, 0.25) is 0 Å². The summed E-state index contributed by atoms with van der Waals surface area (Å²) in [6.07, 6.45) is 2.54. The van der Waals surface area contributed by atoms with E-state index in [2.05, 4.69) is 29.1 Å². The van der Waals surface area contributed by atoms with E-state index in [-0.39, 0.29) is 5.84 Å². The fourth-order valence-electron chi connectivity index (χ4n) is 3.24. The number of fused-ring (bicyclic) bond motifs is 1. The Labute approximate surface area is 124 Å². The van der Waals surface area contributed by atoms with E-state index >= 15 is 0 Å². The molecule has 21 heavy (non-hydrogen) atoms. The van der Waals surface area contributed by atoms with Crippen molar-refractivity contribution in [1.29, 1.82) is 0 Å². The predicted molar refractivity (Wildman–Crippen MR) is 87.1 cm³/mol. The number of anilines is 1. The van der Waals surface area contributed by atoms with Crippen LogP contribution in [-0.4, -0.2) is 24.1 Å². The number of nitrogens with zero attached hydrogens (tertiary/aromatic N) is 2. The average Bonchev–Trinajstić information content (AvgIpc) is 2.53. The molecule has 0 amide bonds. The summed E-state index contributed by atoms with van der Waals surface area (Å²) in [5.74, 6) is 0.881. The molecule has 1 atom stereocenters. The van der Waals surface area contributed by atoms with Gasteiger partial charge in [-0.1, -0.05) is 36.3 Å². The molecule has 0 bridgehead atoms. The second kappa shape index (κ2) is 5.64. The predicted octanol–water partition coefficient (Wildman–Crippen LogP) is 3.17. The minimum absolute atomic E-state index is 0.157. The Morgan fingerprint density at radius 1 is 1.24 bits per heavy atom. The van der Waals surface area contributed by atoms with Crippen molar-refractivity contribution in [2.45, 2.75) is 19.8 Å². The molecule has 0 spiro atoms. The fourth-order valence-corrected chi connectivity index (χ4v) is 3.24. The smallest absolute Gasteiger partial charge is 0.170 e. The first kappa shape index (κ1) is 13.7. The number of hydrogen-bond acceptors (Lipinski definition) is 3. The molecule has 4 nitrogen and oxygen atoms in total. The van der Waals surface area contributed by atoms with Gasteiger partial charge in [0.15, 0.2) is 5.84 Å². The van der Waals surface area contributed by atoms with Crippen molar-refractivity contribution >= 4 is 22.3 Å². The van der Waals surface area contributed by atoms with Crippen LogP contribution < -0.4 is 10.6 Å². The average molecular weight is 283 g/mol. The highest BCUT2D eigenvalue weighted by Gasteiger charge is 2.19. The number of benzene rings is 2. The van der Waals surface area contributed by atoms with E-state index < -0.39 is 0 Å². The first-order valence-electron chi connectivity index (χ1n) is 7.45. The maximum absolute atomic E-state index is 8.95. The molecule has 1 unspecified atom stereocenters. The standard InChI is InChI=1S/C17H21N3O/c1-12-5-4-10-20(11-12)16-9-8-15(17(18)19-21)13-6-2-3-7-14(13)16/h2-3,6-9,12,21H,4-5,10-11H2,1H3,(H2,18,19). The van der Waals surface area contributed by atoms with Crippen molar-refractivity contribution in [2.75, 3.05) is 18.0 Å². The molecular weight excluding hydrogens is 262 g/mol. The Kier molecular flexibility index (Phi) is 3.69. The number of oxime groups is 1. The summed E-state index contributed by atoms with van der Waals surface area (Å²) in [5.41, 5.74) is 7.82. The van der Waals surface area contributed by atoms with Crippen LogP contribution in [0.15, 0.2) is 41.6 Å². The van der Waals surface area contributed by atoms with Crippen molar-refractivity contribution < 1.29 is 5.21 Å². The molecule has 0 radical (unpaired) electrons. The normalized spacial score (nSPS) is 20.0. The summed E-state index contributed by atoms with van der Waals surface area (Å²) in [5, 5.41) is 14.3. The molecule has 2 aromatic rings. The van der Waals surface area contributed by atoms with Gasteiger partial charge in [-0.05, 0) is 36.3 Å². The maximum Gasteiger partial charge on any atom is 0.170 e. The molecule has 0 saturated carbocycles. The summed E-state index contributed by atoms with van der Waals surface area (Å²) in [4.78, 5) is 2.45. The van der Waals surface area contributed by atoms with Crippen LogP contribution in [-0.2, 0) is 0 Å². The van der Waals surface area contributed by atoms with E-state index in [1.807, 2.05) is 24.3 Å². The van der Waals surface area contributed by atoms with Crippen LogP contribution in [0.4, 0.5) is 5.69 Å². The van der Waals surface area contributed by atoms with Gasteiger partial charge in [-0.25, -0.2) is 0 Å². The van der Waals surface area contributed by atoms with Gasteiger partial charge >= 0.3 is 0 Å². The Morgan fingerprint density at radius 3 is 2.71 bits per heavy atom. The van der Waals surface area contributed by atoms with Crippen molar-refractivity contribution in [2.24, 2.45) is 16.8 Å². The minimum Gasteiger partial charge on any atom is -0.409 e. The fraction of sp³-hybridized carbons (Fsp3) is 0.353. The van der Waals surface area contributed by atoms with Crippen molar-refractivity contribution in [3.05, 3.63) is 42.0 Å². The molecule has 0 aliphatic carbocycles. The van der Waals surface area contributed by atoms with Crippen LogP contribution in [0.2, 0.25) is 0 Å². The van der Waals surface area contributed by atoms with Crippen LogP contribution in [0.3, 0.4) is 0 Å². The van der Waals surface area contributed by atoms with Crippen LogP contribution in [0.1, 0.15) is 25.3 Å². The number of rotatable bonds is 2. The molecule has 3 rings (SSSR count). The lowest BCUT2D eigenvalue weighted by Gasteiger charge is -2.33. The third-order valence-electron chi connectivity index (χ3n) is 4.28. The van der Waals surface area contributed by atoms with Gasteiger partial charge in [-0.2, -0.15) is 0 Å². The lowest BCUT2D eigenvalue weighted by atomic mass is 9.97. The Balaban J connectivity index is 2.13. The van der Waals surface area contributed by atoms with Gasteiger partial charge in [0.05, 0.1) is 0 Å². The second-order valence-corrected chi connectivity index (χ2v) is 5.86. The van der Waals surface area contributed by atoms with E-state index in [1.165, 1.54) is 18.5 Å². The van der Waals surface area contributed by atoms with E-state index in [4.69, 9.17) is 10.9 Å². The van der Waals surface area contributed by atoms with Gasteiger partial charge in [0, 0.05) is 29.7 Å². The molecule has 1 fully saturated rings. The van der Waals surface area contributed by atoms with Crippen molar-refractivity contribution in [1.82, 2.24) is 0 Å². The summed E-state index contributed by atoms with van der Waals surface area (Å²) in [6.45, 7) is 4.49. The third kappa shape index (κ3) is 2.53. The number of hydrogen-bond donors (Lipinski definition) is 2. The van der Waals surface area contributed by atoms with Gasteiger partial charge in [-0.3, -0.25) is 0 Å². The van der Waals surface area contributed by atoms with Crippen LogP contribution in [0.25, 0.3) is 10.8 Å². The largest absolute Gasteiger partial charge is 0.409 e. The molecule has 1 aliphatic rings. The van der Waals surface area contributed by atoms with E-state index in [1.54, 1.807) is 0 Å². The monoisotopic (exact) mass is 283 g/mol. The SMILES string of the molecule is CC1CCCN(c2ccc(/C(N)=N/O)c3ccccc23)C1. The molecule has 4 heteroatoms. The molecular formula is C17H21N3O. The molecule has 110 valence electrons. The number of nitrogens with two attached hydrogens (primary N) is 1. The van der Waals surface area contributed by atoms with Crippen LogP contribution in [0, 0.1) is 5.92 Å². The van der Waals surface area contributed by atoms with Crippen LogP contribution >= 0.6 is 0 Å². The summed E-state index contributed by atoms with van der Waals surface area (Å²) in [6, 6.07) is 12.2. The number of amidine groups is 1. The summed E-state index contributed by atoms with van der Waals surface area (Å²) < 4.78 is 0. The maximum atomic E-state index is 8.95. The van der Waals surface area contributed by atoms with Gasteiger partial charge in [0.25, 0.3) is 0 Å². The first-order valence-corrected chi connectivity index (χ1v) is 7.45. The topological polar surface area (TPSA) is 61.8 Å². The van der Waals surface area contributed by atoms with Crippen LogP contribution in [0.5, 0.6) is 0 Å². The highest BCUT2D eigenvalue weighted by molar-refractivity contribution is 6.11. The van der Waals surface area contributed by atoms with Crippen molar-refractivity contribution in [3.63, 3.8) is 0 Å². The molecule has 1 aliphatic heterocycles. The Bertz CT molecular complexity index is 681. The van der Waals surface area contributed by atoms with Crippen molar-refractivity contribution in [3.8, 4) is 0 Å². The highest BCUT2D eigenvalue weighted by atomic mass is 16.4. The molecule has 3 N–H and O–H groups in total. The lowest BCUT2D eigenvalue weighted by Crippen LogP contribution is -2.34. The summed E-state index contributed by atoms with van der Waals surface area (Å²) in [7, 11) is 0. The quantitative estimate of drug-likeness (QED) is 0.385. The van der Waals surface area contributed by atoms with E-state index in [0.717, 1.165) is 35.3 Å². The molecule has 1 saturated heterocycles. The number of piperidine rings is 1. The minimum atomic E-state index is 0.157. The van der Waals surface area contributed by atoms with Gasteiger partial charge in [0.1, 0.15) is 0 Å². The molecule has 0 aromatic heterocycles. The highest BCUT2D eigenvalue weighted by Crippen LogP contribution is 2.32. The first-order chi connectivity index (χ1) is 10.2. The molecule has 2 aromatic carbocycles. The third-order valence-corrected chi connectivity index (χ3v) is 4.28. The summed E-state index contributed by atoms with van der Waals surface area (Å²) >= 11 is 0. The zero-order chi connectivity index (χ0) is 14.8. The van der Waals surface area contributed by atoms with Gasteiger partial charge < -0.3 is 15.8 Å². The Morgan fingerprint density at radius 2 is 2.00 bits per heavy atom. The van der Waals surface area contributed by atoms with E-state index in [0.29, 0.717) is 0 Å². The zero-order valence-electron chi connectivity index (χ0n) is 12.3. The van der Waals surface area contributed by atoms with Gasteiger partial charge in [-0.15, -0.1) is 0 Å². The van der Waals surface area contributed by atoms with E-state index in [9.17, 15) is 0 Å².